The third-order valence-corrected chi connectivity index (χ3v) is 5.28. The molecule has 0 atom stereocenters. The second-order valence-corrected chi connectivity index (χ2v) is 7.56. The zero-order chi connectivity index (χ0) is 20.8. The molecule has 1 aromatic heterocycles. The quantitative estimate of drug-likeness (QED) is 0.319. The van der Waals surface area contributed by atoms with Crippen LogP contribution in [0.5, 0.6) is 5.75 Å². The molecule has 4 aromatic rings. The van der Waals surface area contributed by atoms with Gasteiger partial charge in [-0.2, -0.15) is 0 Å². The molecule has 0 fully saturated rings. The van der Waals surface area contributed by atoms with E-state index in [0.29, 0.717) is 11.4 Å². The number of nitrogens with one attached hydrogen (secondary N) is 1. The van der Waals surface area contributed by atoms with E-state index >= 15 is 0 Å². The second kappa shape index (κ2) is 9.40. The minimum absolute atomic E-state index is 0.172. The molecule has 0 aliphatic carbocycles. The van der Waals surface area contributed by atoms with E-state index in [4.69, 9.17) is 4.98 Å². The molecular weight excluding hydrogens is 370 g/mol. The molecule has 0 saturated carbocycles. The minimum Gasteiger partial charge on any atom is -0.507 e. The predicted octanol–water partition coefficient (Wildman–Crippen LogP) is 6.87. The molecule has 0 aliphatic heterocycles. The number of anilines is 2. The first kappa shape index (κ1) is 19.9. The van der Waals surface area contributed by atoms with Crippen molar-refractivity contribution in [3.63, 3.8) is 0 Å². The van der Waals surface area contributed by atoms with Gasteiger partial charge in [0.25, 0.3) is 0 Å². The summed E-state index contributed by atoms with van der Waals surface area (Å²) in [5, 5.41) is 14.6. The van der Waals surface area contributed by atoms with Gasteiger partial charge in [-0.25, -0.2) is 9.97 Å². The Morgan fingerprint density at radius 3 is 2.37 bits per heavy atom. The lowest BCUT2D eigenvalue weighted by Crippen LogP contribution is -1.99. The van der Waals surface area contributed by atoms with Crippen LogP contribution in [0.3, 0.4) is 0 Å². The largest absolute Gasteiger partial charge is 0.507 e. The summed E-state index contributed by atoms with van der Waals surface area (Å²) in [4.78, 5) is 9.40. The number of unbranched alkanes of at least 4 members (excludes halogenated alkanes) is 3. The summed E-state index contributed by atoms with van der Waals surface area (Å²) in [7, 11) is 0. The number of hydrogen-bond acceptors (Lipinski definition) is 4. The maximum absolute atomic E-state index is 10.3. The molecule has 152 valence electrons. The average Bonchev–Trinajstić information content (AvgIpc) is 2.78. The van der Waals surface area contributed by atoms with Crippen LogP contribution in [0.1, 0.15) is 38.2 Å². The summed E-state index contributed by atoms with van der Waals surface area (Å²) >= 11 is 0. The van der Waals surface area contributed by atoms with Gasteiger partial charge in [0.15, 0.2) is 5.82 Å². The highest BCUT2D eigenvalue weighted by atomic mass is 16.3. The SMILES string of the molecule is CCCCCCc1ccc(Nc2nc(-c3ccccc3O)nc3ccccc23)cc1. The Bertz CT molecular complexity index is 1120. The van der Waals surface area contributed by atoms with Gasteiger partial charge < -0.3 is 10.4 Å². The van der Waals surface area contributed by atoms with Crippen molar-refractivity contribution in [3.8, 4) is 17.1 Å². The zero-order valence-corrected chi connectivity index (χ0v) is 17.3. The summed E-state index contributed by atoms with van der Waals surface area (Å²) < 4.78 is 0. The van der Waals surface area contributed by atoms with Crippen molar-refractivity contribution in [1.29, 1.82) is 0 Å². The number of rotatable bonds is 8. The summed E-state index contributed by atoms with van der Waals surface area (Å²) in [6, 6.07) is 23.6. The number of para-hydroxylation sites is 2. The third-order valence-electron chi connectivity index (χ3n) is 5.28. The Balaban J connectivity index is 1.61. The molecule has 0 unspecified atom stereocenters. The standard InChI is InChI=1S/C26H27N3O/c1-2-3-4-5-10-19-15-17-20(18-16-19)27-25-21-11-6-8-13-23(21)28-26(29-25)22-12-7-9-14-24(22)30/h6-9,11-18,30H,2-5,10H2,1H3,(H,27,28,29). The molecule has 4 rings (SSSR count). The van der Waals surface area contributed by atoms with Gasteiger partial charge in [0.2, 0.25) is 0 Å². The fourth-order valence-corrected chi connectivity index (χ4v) is 3.60. The number of phenols is 1. The zero-order valence-electron chi connectivity index (χ0n) is 17.3. The Labute approximate surface area is 177 Å². The molecule has 0 amide bonds. The highest BCUT2D eigenvalue weighted by Crippen LogP contribution is 2.31. The topological polar surface area (TPSA) is 58.0 Å². The number of fused-ring (bicyclic) bond motifs is 1. The van der Waals surface area contributed by atoms with Gasteiger partial charge in [-0.05, 0) is 54.8 Å². The summed E-state index contributed by atoms with van der Waals surface area (Å²) in [6.45, 7) is 2.24. The van der Waals surface area contributed by atoms with Crippen LogP contribution in [-0.2, 0) is 6.42 Å². The van der Waals surface area contributed by atoms with Crippen molar-refractivity contribution in [2.45, 2.75) is 39.0 Å². The van der Waals surface area contributed by atoms with Gasteiger partial charge in [-0.1, -0.05) is 62.6 Å². The first-order chi connectivity index (χ1) is 14.7. The fourth-order valence-electron chi connectivity index (χ4n) is 3.60. The molecule has 30 heavy (non-hydrogen) atoms. The van der Waals surface area contributed by atoms with Crippen molar-refractivity contribution < 1.29 is 5.11 Å². The number of aromatic nitrogens is 2. The van der Waals surface area contributed by atoms with E-state index in [1.807, 2.05) is 36.4 Å². The molecule has 0 aliphatic rings. The lowest BCUT2D eigenvalue weighted by molar-refractivity contribution is 0.477. The molecule has 0 spiro atoms. The van der Waals surface area contributed by atoms with Gasteiger partial charge in [0.1, 0.15) is 11.6 Å². The summed E-state index contributed by atoms with van der Waals surface area (Å²) in [5.41, 5.74) is 3.80. The van der Waals surface area contributed by atoms with Gasteiger partial charge in [0.05, 0.1) is 11.1 Å². The van der Waals surface area contributed by atoms with Crippen LogP contribution in [0.4, 0.5) is 11.5 Å². The lowest BCUT2D eigenvalue weighted by atomic mass is 10.1. The average molecular weight is 398 g/mol. The third kappa shape index (κ3) is 4.60. The summed E-state index contributed by atoms with van der Waals surface area (Å²) in [5.74, 6) is 1.41. The lowest BCUT2D eigenvalue weighted by Gasteiger charge is -2.12. The Kier molecular flexibility index (Phi) is 6.23. The van der Waals surface area contributed by atoms with Crippen molar-refractivity contribution in [3.05, 3.63) is 78.4 Å². The summed E-state index contributed by atoms with van der Waals surface area (Å²) in [6.07, 6.45) is 6.21. The molecule has 0 radical (unpaired) electrons. The van der Waals surface area contributed by atoms with Crippen molar-refractivity contribution >= 4 is 22.4 Å². The number of aryl methyl sites for hydroxylation is 1. The van der Waals surface area contributed by atoms with E-state index in [1.54, 1.807) is 12.1 Å². The number of nitrogens with zero attached hydrogens (tertiary/aromatic N) is 2. The molecule has 4 nitrogen and oxygen atoms in total. The Hall–Kier alpha value is -3.40. The van der Waals surface area contributed by atoms with Crippen LogP contribution in [0, 0.1) is 0 Å². The van der Waals surface area contributed by atoms with E-state index in [2.05, 4.69) is 41.5 Å². The molecule has 4 heteroatoms. The fraction of sp³-hybridized carbons (Fsp3) is 0.231. The molecular formula is C26H27N3O. The molecule has 3 aromatic carbocycles. The van der Waals surface area contributed by atoms with E-state index in [9.17, 15) is 5.11 Å². The molecule has 0 bridgehead atoms. The monoisotopic (exact) mass is 397 g/mol. The first-order valence-corrected chi connectivity index (χ1v) is 10.7. The normalized spacial score (nSPS) is 11.0. The molecule has 2 N–H and O–H groups in total. The minimum atomic E-state index is 0.172. The van der Waals surface area contributed by atoms with Crippen molar-refractivity contribution in [1.82, 2.24) is 9.97 Å². The molecule has 1 heterocycles. The predicted molar refractivity (Wildman–Crippen MR) is 124 cm³/mol. The van der Waals surface area contributed by atoms with Gasteiger partial charge in [-0.15, -0.1) is 0 Å². The molecule has 0 saturated heterocycles. The van der Waals surface area contributed by atoms with E-state index in [-0.39, 0.29) is 5.75 Å². The van der Waals surface area contributed by atoms with Crippen LogP contribution >= 0.6 is 0 Å². The number of aromatic hydroxyl groups is 1. The van der Waals surface area contributed by atoms with E-state index < -0.39 is 0 Å². The van der Waals surface area contributed by atoms with Crippen LogP contribution in [0.25, 0.3) is 22.3 Å². The maximum Gasteiger partial charge on any atom is 0.165 e. The highest BCUT2D eigenvalue weighted by Gasteiger charge is 2.12. The van der Waals surface area contributed by atoms with E-state index in [1.165, 1.54) is 31.2 Å². The van der Waals surface area contributed by atoms with Crippen LogP contribution < -0.4 is 5.32 Å². The van der Waals surface area contributed by atoms with Crippen LogP contribution in [0.15, 0.2) is 72.8 Å². The number of benzene rings is 3. The van der Waals surface area contributed by atoms with Crippen LogP contribution in [-0.4, -0.2) is 15.1 Å². The maximum atomic E-state index is 10.3. The Morgan fingerprint density at radius 1 is 0.800 bits per heavy atom. The number of hydrogen-bond donors (Lipinski definition) is 2. The van der Waals surface area contributed by atoms with E-state index in [0.717, 1.165) is 28.8 Å². The smallest absolute Gasteiger partial charge is 0.165 e. The first-order valence-electron chi connectivity index (χ1n) is 10.7. The number of phenolic OH excluding ortho intramolecular Hbond substituents is 1. The van der Waals surface area contributed by atoms with Gasteiger partial charge in [0, 0.05) is 11.1 Å². The van der Waals surface area contributed by atoms with Gasteiger partial charge >= 0.3 is 0 Å². The van der Waals surface area contributed by atoms with Gasteiger partial charge in [-0.3, -0.25) is 0 Å². The second-order valence-electron chi connectivity index (χ2n) is 7.56. The van der Waals surface area contributed by atoms with Crippen molar-refractivity contribution in [2.75, 3.05) is 5.32 Å². The highest BCUT2D eigenvalue weighted by molar-refractivity contribution is 5.92. The van der Waals surface area contributed by atoms with Crippen molar-refractivity contribution in [2.24, 2.45) is 0 Å². The van der Waals surface area contributed by atoms with Crippen LogP contribution in [0.2, 0.25) is 0 Å². The Morgan fingerprint density at radius 2 is 1.57 bits per heavy atom.